The van der Waals surface area contributed by atoms with Crippen molar-refractivity contribution in [3.8, 4) is 0 Å². The van der Waals surface area contributed by atoms with E-state index in [1.165, 1.54) is 12.1 Å². The van der Waals surface area contributed by atoms with Gasteiger partial charge in [0.15, 0.2) is 0 Å². The monoisotopic (exact) mass is 326 g/mol. The van der Waals surface area contributed by atoms with Gasteiger partial charge in [-0.15, -0.1) is 0 Å². The molecule has 0 unspecified atom stereocenters. The van der Waals surface area contributed by atoms with Gasteiger partial charge in [-0.2, -0.15) is 8.42 Å². The zero-order valence-electron chi connectivity index (χ0n) is 11.9. The Morgan fingerprint density at radius 3 is 2.14 bits per heavy atom. The molecule has 1 rings (SSSR count). The number of esters is 1. The van der Waals surface area contributed by atoms with Crippen molar-refractivity contribution in [2.24, 2.45) is 0 Å². The average molecular weight is 326 g/mol. The molecule has 0 aliphatic rings. The Balaban J connectivity index is 0.00000400. The van der Waals surface area contributed by atoms with Gasteiger partial charge in [0.25, 0.3) is 10.1 Å². The number of nitrogens with zero attached hydrogens (tertiary/aromatic N) is 1. The molecule has 1 N–H and O–H groups in total. The van der Waals surface area contributed by atoms with E-state index < -0.39 is 16.1 Å². The van der Waals surface area contributed by atoms with Crippen LogP contribution in [0.4, 0.5) is 0 Å². The van der Waals surface area contributed by atoms with Crippen molar-refractivity contribution in [2.75, 3.05) is 34.3 Å². The number of rotatable bonds is 6. The molecule has 0 aliphatic heterocycles. The third-order valence-electron chi connectivity index (χ3n) is 2.59. The van der Waals surface area contributed by atoms with E-state index in [9.17, 15) is 13.2 Å². The van der Waals surface area contributed by atoms with Gasteiger partial charge in [0.2, 0.25) is 0 Å². The van der Waals surface area contributed by atoms with Crippen molar-refractivity contribution in [1.82, 2.24) is 0 Å². The maximum atomic E-state index is 11.7. The average Bonchev–Trinajstić information content (AvgIpc) is 2.32. The number of hydrogen-bond acceptors (Lipinski definition) is 4. The second-order valence-electron chi connectivity index (χ2n) is 5.50. The summed E-state index contributed by atoms with van der Waals surface area (Å²) >= 11 is 0. The first-order valence-corrected chi connectivity index (χ1v) is 7.59. The molecule has 0 saturated heterocycles. The van der Waals surface area contributed by atoms with Crippen molar-refractivity contribution in [3.63, 3.8) is 0 Å². The Morgan fingerprint density at radius 1 is 1.19 bits per heavy atom. The molecule has 0 aromatic heterocycles. The number of ether oxygens (including phenoxy) is 1. The van der Waals surface area contributed by atoms with Crippen LogP contribution in [0.1, 0.15) is 16.8 Å². The molecule has 21 heavy (non-hydrogen) atoms. The van der Waals surface area contributed by atoms with Crippen LogP contribution in [0, 0.1) is 0 Å². The molecule has 0 aliphatic carbocycles. The summed E-state index contributed by atoms with van der Waals surface area (Å²) in [6.07, 6.45) is 0.748. The van der Waals surface area contributed by atoms with Crippen molar-refractivity contribution in [1.29, 1.82) is 0 Å². The third kappa shape index (κ3) is 7.94. The Morgan fingerprint density at radius 2 is 1.71 bits per heavy atom. The molecule has 0 bridgehead atoms. The van der Waals surface area contributed by atoms with Crippen LogP contribution < -0.4 is 0 Å². The molecule has 114 valence electrons. The standard InChI is InChI=1S/C13H19NO5S.Na.H/c1-14(2,3)9-4-10-19-13(15)11-5-7-12(8-6-11)20(16,17)18;;/h5-8H,4,9-10H2,1-3H3;;/p+1. The van der Waals surface area contributed by atoms with Crippen LogP contribution in [-0.2, 0) is 14.9 Å². The van der Waals surface area contributed by atoms with Crippen LogP contribution in [0.2, 0.25) is 0 Å². The molecule has 0 spiro atoms. The first-order chi connectivity index (χ1) is 9.09. The number of hydrogen-bond donors (Lipinski definition) is 1. The molecule has 0 atom stereocenters. The van der Waals surface area contributed by atoms with E-state index in [2.05, 4.69) is 21.1 Å². The number of quaternary nitrogens is 1. The molecular formula is C13H21NNaO5S+. The summed E-state index contributed by atoms with van der Waals surface area (Å²) in [6.45, 7) is 1.20. The van der Waals surface area contributed by atoms with E-state index in [0.717, 1.165) is 29.6 Å². The van der Waals surface area contributed by atoms with Crippen LogP contribution in [0.3, 0.4) is 0 Å². The van der Waals surface area contributed by atoms with E-state index in [1.54, 1.807) is 0 Å². The van der Waals surface area contributed by atoms with Crippen LogP contribution in [0.5, 0.6) is 0 Å². The van der Waals surface area contributed by atoms with Gasteiger partial charge in [-0.3, -0.25) is 4.55 Å². The Kier molecular flexibility index (Phi) is 8.09. The number of carbonyl (C=O) groups excluding carboxylic acids is 1. The van der Waals surface area contributed by atoms with Gasteiger partial charge < -0.3 is 9.22 Å². The Bertz CT molecular complexity index is 563. The van der Waals surface area contributed by atoms with Gasteiger partial charge in [-0.1, -0.05) is 0 Å². The summed E-state index contributed by atoms with van der Waals surface area (Å²) in [4.78, 5) is 11.4. The quantitative estimate of drug-likeness (QED) is 0.271. The van der Waals surface area contributed by atoms with Crippen LogP contribution in [0.25, 0.3) is 0 Å². The van der Waals surface area contributed by atoms with Gasteiger partial charge in [0.05, 0.1) is 44.8 Å². The summed E-state index contributed by atoms with van der Waals surface area (Å²) in [5, 5.41) is 0. The maximum absolute atomic E-state index is 11.7. The molecule has 0 heterocycles. The second kappa shape index (κ2) is 8.26. The fourth-order valence-corrected chi connectivity index (χ4v) is 2.03. The molecule has 0 amide bonds. The van der Waals surface area contributed by atoms with Crippen molar-refractivity contribution >= 4 is 45.6 Å². The van der Waals surface area contributed by atoms with Crippen molar-refractivity contribution < 1.29 is 27.0 Å². The van der Waals surface area contributed by atoms with E-state index >= 15 is 0 Å². The minimum absolute atomic E-state index is 0. The predicted octanol–water partition coefficient (Wildman–Crippen LogP) is 0.538. The summed E-state index contributed by atoms with van der Waals surface area (Å²) in [6, 6.07) is 4.95. The number of benzene rings is 1. The van der Waals surface area contributed by atoms with E-state index in [-0.39, 0.29) is 40.0 Å². The SMILES string of the molecule is C[N+](C)(C)CCCOC(=O)c1ccc(S(=O)(=O)O)cc1.[NaH]. The van der Waals surface area contributed by atoms with Gasteiger partial charge >= 0.3 is 35.5 Å². The molecule has 1 aromatic rings. The van der Waals surface area contributed by atoms with Gasteiger partial charge in [-0.25, -0.2) is 4.79 Å². The predicted molar refractivity (Wildman–Crippen MR) is 81.2 cm³/mol. The van der Waals surface area contributed by atoms with E-state index in [1.807, 2.05) is 0 Å². The van der Waals surface area contributed by atoms with Crippen LogP contribution >= 0.6 is 0 Å². The topological polar surface area (TPSA) is 80.7 Å². The minimum atomic E-state index is -4.24. The molecular weight excluding hydrogens is 305 g/mol. The van der Waals surface area contributed by atoms with Gasteiger partial charge in [0.1, 0.15) is 0 Å². The zero-order valence-corrected chi connectivity index (χ0v) is 12.7. The third-order valence-corrected chi connectivity index (χ3v) is 3.46. The van der Waals surface area contributed by atoms with Crippen molar-refractivity contribution in [3.05, 3.63) is 29.8 Å². The molecule has 8 heteroatoms. The number of carbonyl (C=O) groups is 1. The Labute approximate surface area is 147 Å². The molecule has 0 radical (unpaired) electrons. The molecule has 6 nitrogen and oxygen atoms in total. The Hall–Kier alpha value is -0.440. The fraction of sp³-hybridized carbons (Fsp3) is 0.462. The fourth-order valence-electron chi connectivity index (χ4n) is 1.55. The van der Waals surface area contributed by atoms with Gasteiger partial charge in [0, 0.05) is 6.42 Å². The first kappa shape index (κ1) is 20.6. The van der Waals surface area contributed by atoms with Crippen LogP contribution in [0.15, 0.2) is 29.2 Å². The molecule has 0 fully saturated rings. The van der Waals surface area contributed by atoms with E-state index in [0.29, 0.717) is 6.61 Å². The summed E-state index contributed by atoms with van der Waals surface area (Å²) in [7, 11) is 1.92. The normalized spacial score (nSPS) is 11.6. The second-order valence-corrected chi connectivity index (χ2v) is 6.92. The first-order valence-electron chi connectivity index (χ1n) is 6.15. The summed E-state index contributed by atoms with van der Waals surface area (Å²) in [5.41, 5.74) is 0.252. The van der Waals surface area contributed by atoms with Crippen molar-refractivity contribution in [2.45, 2.75) is 11.3 Å². The van der Waals surface area contributed by atoms with Gasteiger partial charge in [-0.05, 0) is 24.3 Å². The summed E-state index contributed by atoms with van der Waals surface area (Å²) < 4.78 is 36.4. The van der Waals surface area contributed by atoms with Crippen LogP contribution in [-0.4, -0.2) is 87.3 Å². The zero-order chi connectivity index (χ0) is 15.4. The summed E-state index contributed by atoms with van der Waals surface area (Å²) in [5.74, 6) is -0.506. The molecule has 0 saturated carbocycles. The van der Waals surface area contributed by atoms with E-state index in [4.69, 9.17) is 9.29 Å². The molecule has 1 aromatic carbocycles.